The van der Waals surface area contributed by atoms with Gasteiger partial charge in [-0.1, -0.05) is 24.2 Å². The summed E-state index contributed by atoms with van der Waals surface area (Å²) >= 11 is 0. The van der Waals surface area contributed by atoms with Crippen molar-refractivity contribution in [1.82, 2.24) is 4.90 Å². The lowest BCUT2D eigenvalue weighted by Crippen LogP contribution is -2.35. The molecule has 0 bridgehead atoms. The third-order valence-corrected chi connectivity index (χ3v) is 3.27. The van der Waals surface area contributed by atoms with E-state index >= 15 is 0 Å². The Hall–Kier alpha value is -1.66. The van der Waals surface area contributed by atoms with Crippen LogP contribution in [-0.2, 0) is 11.3 Å². The third kappa shape index (κ3) is 4.18. The summed E-state index contributed by atoms with van der Waals surface area (Å²) in [6.45, 7) is 5.94. The summed E-state index contributed by atoms with van der Waals surface area (Å²) in [5, 5.41) is 11.4. The van der Waals surface area contributed by atoms with Gasteiger partial charge in [-0.3, -0.25) is 4.90 Å². The zero-order valence-corrected chi connectivity index (χ0v) is 12.1. The molecule has 0 amide bonds. The monoisotopic (exact) mass is 283 g/mol. The summed E-state index contributed by atoms with van der Waals surface area (Å²) in [7, 11) is 1.65. The molecule has 0 saturated heterocycles. The molecule has 1 aromatic rings. The van der Waals surface area contributed by atoms with E-state index in [-0.39, 0.29) is 17.7 Å². The van der Waals surface area contributed by atoms with Crippen LogP contribution in [0.3, 0.4) is 0 Å². The van der Waals surface area contributed by atoms with E-state index in [2.05, 4.69) is 10.1 Å². The first-order chi connectivity index (χ1) is 9.53. The van der Waals surface area contributed by atoms with Crippen LogP contribution in [0.4, 0.5) is 4.39 Å². The van der Waals surface area contributed by atoms with Gasteiger partial charge in [-0.15, -0.1) is 0 Å². The molecule has 0 spiro atoms. The van der Waals surface area contributed by atoms with Gasteiger partial charge in [-0.25, -0.2) is 4.39 Å². The van der Waals surface area contributed by atoms with Crippen LogP contribution in [0.25, 0.3) is 0 Å². The third-order valence-electron chi connectivity index (χ3n) is 3.27. The van der Waals surface area contributed by atoms with Crippen LogP contribution in [0.1, 0.15) is 25.0 Å². The van der Waals surface area contributed by atoms with Crippen molar-refractivity contribution in [2.45, 2.75) is 26.4 Å². The van der Waals surface area contributed by atoms with Gasteiger partial charge < -0.3 is 15.7 Å². The highest BCUT2D eigenvalue weighted by Crippen LogP contribution is 2.14. The minimum absolute atomic E-state index is 0.101. The Morgan fingerprint density at radius 2 is 2.25 bits per heavy atom. The molecule has 1 atom stereocenters. The minimum atomic E-state index is -0.364. The summed E-state index contributed by atoms with van der Waals surface area (Å²) in [6.07, 6.45) is 0. The van der Waals surface area contributed by atoms with Gasteiger partial charge in [0, 0.05) is 30.8 Å². The zero-order chi connectivity index (χ0) is 15.1. The van der Waals surface area contributed by atoms with Gasteiger partial charge in [0.2, 0.25) is 0 Å². The number of halogens is 1. The second-order valence-electron chi connectivity index (χ2n) is 4.66. The van der Waals surface area contributed by atoms with Crippen molar-refractivity contribution >= 4 is 5.84 Å². The van der Waals surface area contributed by atoms with E-state index in [9.17, 15) is 4.39 Å². The van der Waals surface area contributed by atoms with Crippen molar-refractivity contribution < 1.29 is 14.3 Å². The molecule has 0 aromatic heterocycles. The summed E-state index contributed by atoms with van der Waals surface area (Å²) < 4.78 is 19.2. The Morgan fingerprint density at radius 3 is 2.75 bits per heavy atom. The van der Waals surface area contributed by atoms with E-state index in [1.54, 1.807) is 19.2 Å². The quantitative estimate of drug-likeness (QED) is 0.346. The second-order valence-corrected chi connectivity index (χ2v) is 4.66. The number of nitrogens with two attached hydrogens (primary N) is 1. The Bertz CT molecular complexity index is 466. The first-order valence-corrected chi connectivity index (χ1v) is 6.52. The van der Waals surface area contributed by atoms with Gasteiger partial charge in [0.25, 0.3) is 0 Å². The Balaban J connectivity index is 2.86. The molecule has 3 N–H and O–H groups in total. The van der Waals surface area contributed by atoms with Crippen LogP contribution < -0.4 is 5.73 Å². The van der Waals surface area contributed by atoms with E-state index in [0.29, 0.717) is 24.3 Å². The highest BCUT2D eigenvalue weighted by atomic mass is 19.1. The molecule has 1 aromatic carbocycles. The Labute approximate surface area is 118 Å². The fourth-order valence-electron chi connectivity index (χ4n) is 2.04. The molecule has 0 aliphatic heterocycles. The topological polar surface area (TPSA) is 71.1 Å². The fourth-order valence-corrected chi connectivity index (χ4v) is 2.04. The van der Waals surface area contributed by atoms with Gasteiger partial charge in [0.15, 0.2) is 5.84 Å². The number of amidine groups is 1. The smallest absolute Gasteiger partial charge is 0.170 e. The van der Waals surface area contributed by atoms with Gasteiger partial charge >= 0.3 is 0 Å². The summed E-state index contributed by atoms with van der Waals surface area (Å²) in [6, 6.07) is 4.78. The first kappa shape index (κ1) is 16.4. The lowest BCUT2D eigenvalue weighted by molar-refractivity contribution is 0.0975. The minimum Gasteiger partial charge on any atom is -0.409 e. The van der Waals surface area contributed by atoms with Crippen LogP contribution in [0.15, 0.2) is 23.4 Å². The largest absolute Gasteiger partial charge is 0.409 e. The maximum Gasteiger partial charge on any atom is 0.170 e. The average molecular weight is 283 g/mol. The zero-order valence-electron chi connectivity index (χ0n) is 12.1. The predicted octanol–water partition coefficient (Wildman–Crippen LogP) is 1.78. The summed E-state index contributed by atoms with van der Waals surface area (Å²) in [4.78, 5) is 2.12. The van der Waals surface area contributed by atoms with Crippen LogP contribution in [0, 0.1) is 5.82 Å². The fraction of sp³-hybridized carbons (Fsp3) is 0.500. The molecule has 0 fully saturated rings. The van der Waals surface area contributed by atoms with E-state index in [1.807, 2.05) is 13.8 Å². The van der Waals surface area contributed by atoms with E-state index in [1.165, 1.54) is 6.07 Å². The van der Waals surface area contributed by atoms with Gasteiger partial charge in [-0.2, -0.15) is 0 Å². The molecular formula is C14H22FN3O2. The molecule has 1 rings (SSSR count). The molecule has 5 nitrogen and oxygen atoms in total. The van der Waals surface area contributed by atoms with Crippen molar-refractivity contribution in [2.75, 3.05) is 20.3 Å². The number of oxime groups is 1. The first-order valence-electron chi connectivity index (χ1n) is 6.52. The van der Waals surface area contributed by atoms with E-state index in [0.717, 1.165) is 6.54 Å². The van der Waals surface area contributed by atoms with Crippen LogP contribution in [0.2, 0.25) is 0 Å². The number of hydrogen-bond donors (Lipinski definition) is 2. The number of nitrogens with zero attached hydrogens (tertiary/aromatic N) is 2. The number of ether oxygens (including phenoxy) is 1. The molecular weight excluding hydrogens is 261 g/mol. The van der Waals surface area contributed by atoms with E-state index < -0.39 is 0 Å². The molecule has 0 heterocycles. The van der Waals surface area contributed by atoms with Crippen molar-refractivity contribution in [3.05, 3.63) is 35.1 Å². The molecule has 0 aliphatic rings. The molecule has 0 radical (unpaired) electrons. The van der Waals surface area contributed by atoms with Crippen molar-refractivity contribution in [3.63, 3.8) is 0 Å². The van der Waals surface area contributed by atoms with Crippen molar-refractivity contribution in [2.24, 2.45) is 10.9 Å². The number of methoxy groups -OCH3 is 1. The molecule has 112 valence electrons. The highest BCUT2D eigenvalue weighted by Gasteiger charge is 2.15. The molecule has 0 saturated carbocycles. The Kier molecular flexibility index (Phi) is 6.41. The maximum atomic E-state index is 14.0. The van der Waals surface area contributed by atoms with E-state index in [4.69, 9.17) is 15.7 Å². The van der Waals surface area contributed by atoms with Crippen LogP contribution >= 0.6 is 0 Å². The number of rotatable bonds is 7. The highest BCUT2D eigenvalue weighted by molar-refractivity contribution is 5.97. The lowest BCUT2D eigenvalue weighted by atomic mass is 10.1. The number of likely N-dealkylation sites (N-methyl/N-ethyl adjacent to an activating group) is 1. The van der Waals surface area contributed by atoms with Crippen LogP contribution in [-0.4, -0.2) is 42.2 Å². The number of hydrogen-bond acceptors (Lipinski definition) is 4. The maximum absolute atomic E-state index is 14.0. The molecule has 0 aliphatic carbocycles. The molecule has 6 heteroatoms. The van der Waals surface area contributed by atoms with Gasteiger partial charge in [0.05, 0.1) is 6.61 Å². The number of benzene rings is 1. The predicted molar refractivity (Wildman–Crippen MR) is 76.3 cm³/mol. The van der Waals surface area contributed by atoms with Gasteiger partial charge in [-0.05, 0) is 19.5 Å². The second kappa shape index (κ2) is 7.81. The van der Waals surface area contributed by atoms with Gasteiger partial charge in [0.1, 0.15) is 5.82 Å². The Morgan fingerprint density at radius 1 is 1.55 bits per heavy atom. The average Bonchev–Trinajstić information content (AvgIpc) is 2.45. The van der Waals surface area contributed by atoms with Crippen molar-refractivity contribution in [1.29, 1.82) is 0 Å². The summed E-state index contributed by atoms with van der Waals surface area (Å²) in [5.41, 5.74) is 6.37. The molecule has 1 unspecified atom stereocenters. The van der Waals surface area contributed by atoms with Crippen LogP contribution in [0.5, 0.6) is 0 Å². The SMILES string of the molecule is CCN(Cc1ccc(C(N)=NO)cc1F)C(C)COC. The van der Waals surface area contributed by atoms with Crippen molar-refractivity contribution in [3.8, 4) is 0 Å². The lowest BCUT2D eigenvalue weighted by Gasteiger charge is -2.27. The normalized spacial score (nSPS) is 13.8. The standard InChI is InChI=1S/C14H22FN3O2/c1-4-18(10(2)9-20-3)8-12-6-5-11(7-13(12)15)14(16)17-19/h5-7,10,19H,4,8-9H2,1-3H3,(H2,16,17). The summed E-state index contributed by atoms with van der Waals surface area (Å²) in [5.74, 6) is -0.465. The molecule has 20 heavy (non-hydrogen) atoms.